The number of halogens is 1. The minimum absolute atomic E-state index is 0.799. The monoisotopic (exact) mass is 254 g/mol. The quantitative estimate of drug-likeness (QED) is 0.771. The number of benzene rings is 1. The van der Waals surface area contributed by atoms with Crippen molar-refractivity contribution in [2.75, 3.05) is 7.11 Å². The number of aromatic nitrogens is 2. The summed E-state index contributed by atoms with van der Waals surface area (Å²) in [6.07, 6.45) is 0. The standard InChI is InChI=1S/C10H11BrN2O/c1-13-10(6-11)8-5-7(14-2)3-4-9(8)12-13/h3-5H,6H2,1-2H3. The largest absolute Gasteiger partial charge is 0.497 e. The zero-order chi connectivity index (χ0) is 10.1. The lowest BCUT2D eigenvalue weighted by Crippen LogP contribution is -1.94. The molecule has 0 spiro atoms. The maximum Gasteiger partial charge on any atom is 0.119 e. The normalized spacial score (nSPS) is 10.8. The van der Waals surface area contributed by atoms with Gasteiger partial charge in [-0.05, 0) is 18.2 Å². The van der Waals surface area contributed by atoms with E-state index in [0.717, 1.165) is 22.0 Å². The topological polar surface area (TPSA) is 27.1 Å². The van der Waals surface area contributed by atoms with Crippen LogP contribution in [0.1, 0.15) is 5.69 Å². The molecule has 0 aliphatic carbocycles. The van der Waals surface area contributed by atoms with Crippen molar-refractivity contribution in [1.82, 2.24) is 9.78 Å². The molecule has 1 heterocycles. The van der Waals surface area contributed by atoms with E-state index in [-0.39, 0.29) is 0 Å². The zero-order valence-corrected chi connectivity index (χ0v) is 9.71. The summed E-state index contributed by atoms with van der Waals surface area (Å²) in [6.45, 7) is 0. The fourth-order valence-electron chi connectivity index (χ4n) is 1.52. The molecule has 0 unspecified atom stereocenters. The van der Waals surface area contributed by atoms with E-state index >= 15 is 0 Å². The average Bonchev–Trinajstić information content (AvgIpc) is 2.52. The minimum atomic E-state index is 0.799. The van der Waals surface area contributed by atoms with Gasteiger partial charge in [-0.2, -0.15) is 5.10 Å². The molecule has 1 aromatic heterocycles. The average molecular weight is 255 g/mol. The van der Waals surface area contributed by atoms with Crippen LogP contribution in [0.4, 0.5) is 0 Å². The number of aryl methyl sites for hydroxylation is 1. The molecule has 4 heteroatoms. The van der Waals surface area contributed by atoms with E-state index in [2.05, 4.69) is 21.0 Å². The van der Waals surface area contributed by atoms with Crippen molar-refractivity contribution in [1.29, 1.82) is 0 Å². The van der Waals surface area contributed by atoms with Crippen molar-refractivity contribution in [2.45, 2.75) is 5.33 Å². The van der Waals surface area contributed by atoms with Gasteiger partial charge in [-0.1, -0.05) is 15.9 Å². The van der Waals surface area contributed by atoms with Crippen molar-refractivity contribution >= 4 is 26.8 Å². The second kappa shape index (κ2) is 3.61. The highest BCUT2D eigenvalue weighted by Crippen LogP contribution is 2.24. The van der Waals surface area contributed by atoms with Crippen LogP contribution in [-0.4, -0.2) is 16.9 Å². The number of rotatable bonds is 2. The van der Waals surface area contributed by atoms with Crippen LogP contribution in [0.3, 0.4) is 0 Å². The molecule has 1 aromatic carbocycles. The lowest BCUT2D eigenvalue weighted by atomic mass is 10.2. The Kier molecular flexibility index (Phi) is 2.46. The Morgan fingerprint density at radius 3 is 2.93 bits per heavy atom. The van der Waals surface area contributed by atoms with Gasteiger partial charge in [0.1, 0.15) is 5.75 Å². The van der Waals surface area contributed by atoms with Crippen LogP contribution in [-0.2, 0) is 12.4 Å². The van der Waals surface area contributed by atoms with E-state index in [1.54, 1.807) is 7.11 Å². The number of alkyl halides is 1. The van der Waals surface area contributed by atoms with Gasteiger partial charge in [0.15, 0.2) is 0 Å². The Balaban J connectivity index is 2.71. The highest BCUT2D eigenvalue weighted by Gasteiger charge is 2.07. The van der Waals surface area contributed by atoms with Crippen LogP contribution in [0.15, 0.2) is 18.2 Å². The summed E-state index contributed by atoms with van der Waals surface area (Å²) in [5.41, 5.74) is 2.17. The van der Waals surface area contributed by atoms with Gasteiger partial charge in [0, 0.05) is 17.8 Å². The Hall–Kier alpha value is -1.03. The second-order valence-corrected chi connectivity index (χ2v) is 3.65. The highest BCUT2D eigenvalue weighted by atomic mass is 79.9. The fraction of sp³-hybridized carbons (Fsp3) is 0.300. The van der Waals surface area contributed by atoms with Gasteiger partial charge in [0.05, 0.1) is 18.3 Å². The molecule has 0 N–H and O–H groups in total. The lowest BCUT2D eigenvalue weighted by molar-refractivity contribution is 0.415. The number of nitrogens with zero attached hydrogens (tertiary/aromatic N) is 2. The number of hydrogen-bond donors (Lipinski definition) is 0. The third-order valence-corrected chi connectivity index (χ3v) is 2.82. The summed E-state index contributed by atoms with van der Waals surface area (Å²) < 4.78 is 7.07. The first-order valence-electron chi connectivity index (χ1n) is 4.32. The Labute approximate surface area is 90.8 Å². The van der Waals surface area contributed by atoms with Gasteiger partial charge in [0.25, 0.3) is 0 Å². The highest BCUT2D eigenvalue weighted by molar-refractivity contribution is 9.08. The van der Waals surface area contributed by atoms with Crippen LogP contribution in [0.2, 0.25) is 0 Å². The SMILES string of the molecule is COc1ccc2nn(C)c(CBr)c2c1. The first-order valence-corrected chi connectivity index (χ1v) is 5.44. The summed E-state index contributed by atoms with van der Waals surface area (Å²) in [7, 11) is 3.62. The van der Waals surface area contributed by atoms with E-state index < -0.39 is 0 Å². The molecule has 0 saturated carbocycles. The third kappa shape index (κ3) is 1.39. The third-order valence-electron chi connectivity index (χ3n) is 2.29. The smallest absolute Gasteiger partial charge is 0.119 e. The van der Waals surface area contributed by atoms with E-state index in [1.807, 2.05) is 29.9 Å². The second-order valence-electron chi connectivity index (χ2n) is 3.09. The Morgan fingerprint density at radius 1 is 1.50 bits per heavy atom. The number of fused-ring (bicyclic) bond motifs is 1. The van der Waals surface area contributed by atoms with Gasteiger partial charge in [-0.15, -0.1) is 0 Å². The van der Waals surface area contributed by atoms with Crippen molar-refractivity contribution in [2.24, 2.45) is 7.05 Å². The van der Waals surface area contributed by atoms with Crippen LogP contribution in [0.5, 0.6) is 5.75 Å². The van der Waals surface area contributed by atoms with Gasteiger partial charge < -0.3 is 4.74 Å². The van der Waals surface area contributed by atoms with Crippen LogP contribution >= 0.6 is 15.9 Å². The number of methoxy groups -OCH3 is 1. The van der Waals surface area contributed by atoms with Crippen molar-refractivity contribution in [3.05, 3.63) is 23.9 Å². The van der Waals surface area contributed by atoms with E-state index in [0.29, 0.717) is 0 Å². The molecular formula is C10H11BrN2O. The zero-order valence-electron chi connectivity index (χ0n) is 8.12. The molecule has 0 aliphatic heterocycles. The summed E-state index contributed by atoms with van der Waals surface area (Å²) in [5, 5.41) is 6.33. The molecule has 2 aromatic rings. The minimum Gasteiger partial charge on any atom is -0.497 e. The molecule has 0 atom stereocenters. The van der Waals surface area contributed by atoms with Gasteiger partial charge >= 0.3 is 0 Å². The van der Waals surface area contributed by atoms with Crippen molar-refractivity contribution < 1.29 is 4.74 Å². The summed E-state index contributed by atoms with van der Waals surface area (Å²) >= 11 is 3.45. The molecule has 0 fully saturated rings. The van der Waals surface area contributed by atoms with E-state index in [1.165, 1.54) is 5.69 Å². The first kappa shape index (κ1) is 9.52. The number of ether oxygens (including phenoxy) is 1. The molecule has 0 bridgehead atoms. The van der Waals surface area contributed by atoms with Crippen LogP contribution < -0.4 is 4.74 Å². The fourth-order valence-corrected chi connectivity index (χ4v) is 2.18. The lowest BCUT2D eigenvalue weighted by Gasteiger charge is -1.99. The molecule has 0 aliphatic rings. The Bertz CT molecular complexity index is 464. The molecule has 14 heavy (non-hydrogen) atoms. The molecular weight excluding hydrogens is 244 g/mol. The maximum atomic E-state index is 5.18. The van der Waals surface area contributed by atoms with Crippen molar-refractivity contribution in [3.8, 4) is 5.75 Å². The first-order chi connectivity index (χ1) is 6.76. The summed E-state index contributed by atoms with van der Waals surface area (Å²) in [5.74, 6) is 0.868. The van der Waals surface area contributed by atoms with Crippen LogP contribution in [0, 0.1) is 0 Å². The van der Waals surface area contributed by atoms with Gasteiger partial charge in [-0.25, -0.2) is 0 Å². The summed E-state index contributed by atoms with van der Waals surface area (Å²) in [4.78, 5) is 0. The van der Waals surface area contributed by atoms with Crippen molar-refractivity contribution in [3.63, 3.8) is 0 Å². The van der Waals surface area contributed by atoms with E-state index in [9.17, 15) is 0 Å². The summed E-state index contributed by atoms with van der Waals surface area (Å²) in [6, 6.07) is 5.91. The van der Waals surface area contributed by atoms with Gasteiger partial charge in [0.2, 0.25) is 0 Å². The molecule has 0 amide bonds. The predicted molar refractivity (Wildman–Crippen MR) is 59.9 cm³/mol. The molecule has 0 saturated heterocycles. The Morgan fingerprint density at radius 2 is 2.29 bits per heavy atom. The molecule has 3 nitrogen and oxygen atoms in total. The molecule has 0 radical (unpaired) electrons. The maximum absolute atomic E-state index is 5.18. The van der Waals surface area contributed by atoms with Gasteiger partial charge in [-0.3, -0.25) is 4.68 Å². The molecule has 74 valence electrons. The predicted octanol–water partition coefficient (Wildman–Crippen LogP) is 2.48. The van der Waals surface area contributed by atoms with Crippen LogP contribution in [0.25, 0.3) is 10.9 Å². The molecule has 2 rings (SSSR count). The van der Waals surface area contributed by atoms with E-state index in [4.69, 9.17) is 4.74 Å². The number of hydrogen-bond acceptors (Lipinski definition) is 2.